The molecule has 54 valence electrons. The number of hydrogen-bond acceptors (Lipinski definition) is 3. The van der Waals surface area contributed by atoms with E-state index in [-0.39, 0.29) is 0 Å². The Balaban J connectivity index is 3.27. The van der Waals surface area contributed by atoms with Crippen molar-refractivity contribution in [1.82, 2.24) is 5.17 Å². The number of carbonyl (C=O) groups excluding carboxylic acids is 1. The molecule has 0 rings (SSSR count). The quantitative estimate of drug-likeness (QED) is 0.311. The van der Waals surface area contributed by atoms with Crippen LogP contribution in [0.4, 0.5) is 4.79 Å². The first-order chi connectivity index (χ1) is 4.18. The molecule has 0 aliphatic heterocycles. The average molecular weight is 133 g/mol. The third-order valence-electron chi connectivity index (χ3n) is 0.652. The molecule has 5 heteroatoms. The van der Waals surface area contributed by atoms with Gasteiger partial charge in [0.05, 0.1) is 6.61 Å². The zero-order chi connectivity index (χ0) is 7.28. The standard InChI is InChI=1S/C4H11N3O2/c1-2-3-9-7(6)4(5)8/h2-3,6H2,1H3,(H2,5,8). The van der Waals surface area contributed by atoms with Crippen molar-refractivity contribution in [1.29, 1.82) is 0 Å². The SMILES string of the molecule is CCCON(N)C(N)=O. The minimum atomic E-state index is -0.788. The average Bonchev–Trinajstić information content (AvgIpc) is 1.82. The number of hydrogen-bond donors (Lipinski definition) is 2. The van der Waals surface area contributed by atoms with Gasteiger partial charge in [0.25, 0.3) is 0 Å². The van der Waals surface area contributed by atoms with Crippen molar-refractivity contribution in [2.75, 3.05) is 6.61 Å². The molecular weight excluding hydrogens is 122 g/mol. The lowest BCUT2D eigenvalue weighted by Crippen LogP contribution is -2.41. The van der Waals surface area contributed by atoms with Crippen molar-refractivity contribution >= 4 is 6.03 Å². The van der Waals surface area contributed by atoms with Crippen molar-refractivity contribution in [2.24, 2.45) is 11.6 Å². The summed E-state index contributed by atoms with van der Waals surface area (Å²) in [4.78, 5) is 14.7. The van der Waals surface area contributed by atoms with Gasteiger partial charge in [-0.05, 0) is 6.42 Å². The van der Waals surface area contributed by atoms with E-state index >= 15 is 0 Å². The Kier molecular flexibility index (Phi) is 3.74. The maximum absolute atomic E-state index is 10.1. The number of urea groups is 1. The second-order valence-electron chi connectivity index (χ2n) is 1.50. The van der Waals surface area contributed by atoms with Crippen LogP contribution >= 0.6 is 0 Å². The molecule has 0 aromatic heterocycles. The largest absolute Gasteiger partial charge is 0.353 e. The number of nitrogens with two attached hydrogens (primary N) is 2. The maximum Gasteiger partial charge on any atom is 0.353 e. The lowest BCUT2D eigenvalue weighted by atomic mass is 10.5. The van der Waals surface area contributed by atoms with Crippen LogP contribution in [-0.2, 0) is 4.84 Å². The number of primary amides is 1. The van der Waals surface area contributed by atoms with Crippen LogP contribution in [0.1, 0.15) is 13.3 Å². The first-order valence-electron chi connectivity index (χ1n) is 2.65. The zero-order valence-electron chi connectivity index (χ0n) is 5.33. The van der Waals surface area contributed by atoms with Gasteiger partial charge in [0.1, 0.15) is 0 Å². The van der Waals surface area contributed by atoms with Crippen molar-refractivity contribution in [2.45, 2.75) is 13.3 Å². The van der Waals surface area contributed by atoms with E-state index in [0.717, 1.165) is 6.42 Å². The lowest BCUT2D eigenvalue weighted by Gasteiger charge is -2.11. The van der Waals surface area contributed by atoms with E-state index in [1.807, 2.05) is 6.92 Å². The van der Waals surface area contributed by atoms with E-state index in [1.54, 1.807) is 0 Å². The molecule has 4 N–H and O–H groups in total. The molecule has 0 aromatic rings. The molecule has 0 heterocycles. The molecule has 5 nitrogen and oxygen atoms in total. The zero-order valence-corrected chi connectivity index (χ0v) is 5.33. The Morgan fingerprint density at radius 2 is 2.33 bits per heavy atom. The van der Waals surface area contributed by atoms with Crippen molar-refractivity contribution in [3.8, 4) is 0 Å². The highest BCUT2D eigenvalue weighted by atomic mass is 16.7. The molecule has 9 heavy (non-hydrogen) atoms. The summed E-state index contributed by atoms with van der Waals surface area (Å²) in [6, 6.07) is -0.788. The van der Waals surface area contributed by atoms with Gasteiger partial charge < -0.3 is 5.73 Å². The van der Waals surface area contributed by atoms with Gasteiger partial charge in [-0.25, -0.2) is 10.6 Å². The van der Waals surface area contributed by atoms with Gasteiger partial charge in [-0.3, -0.25) is 4.84 Å². The van der Waals surface area contributed by atoms with Crippen LogP contribution in [0.2, 0.25) is 0 Å². The smallest absolute Gasteiger partial charge is 0.349 e. The first-order valence-corrected chi connectivity index (χ1v) is 2.65. The Labute approximate surface area is 53.5 Å². The van der Waals surface area contributed by atoms with Crippen molar-refractivity contribution < 1.29 is 9.63 Å². The van der Waals surface area contributed by atoms with Gasteiger partial charge in [-0.15, -0.1) is 5.17 Å². The fourth-order valence-corrected chi connectivity index (χ4v) is 0.253. The maximum atomic E-state index is 10.1. The van der Waals surface area contributed by atoms with E-state index < -0.39 is 6.03 Å². The molecule has 0 aliphatic carbocycles. The summed E-state index contributed by atoms with van der Waals surface area (Å²) < 4.78 is 0. The van der Waals surface area contributed by atoms with Crippen molar-refractivity contribution in [3.63, 3.8) is 0 Å². The molecular formula is C4H11N3O2. The second-order valence-corrected chi connectivity index (χ2v) is 1.50. The summed E-state index contributed by atoms with van der Waals surface area (Å²) in [5.41, 5.74) is 4.71. The van der Waals surface area contributed by atoms with Gasteiger partial charge in [-0.2, -0.15) is 0 Å². The highest BCUT2D eigenvalue weighted by Gasteiger charge is 2.00. The third-order valence-corrected chi connectivity index (χ3v) is 0.652. The van der Waals surface area contributed by atoms with Gasteiger partial charge in [0.15, 0.2) is 0 Å². The fourth-order valence-electron chi connectivity index (χ4n) is 0.253. The van der Waals surface area contributed by atoms with Crippen LogP contribution in [0.25, 0.3) is 0 Å². The predicted octanol–water partition coefficient (Wildman–Crippen LogP) is -0.418. The summed E-state index contributed by atoms with van der Waals surface area (Å²) in [6.45, 7) is 2.30. The van der Waals surface area contributed by atoms with E-state index in [1.165, 1.54) is 0 Å². The number of hydroxylamine groups is 1. The van der Waals surface area contributed by atoms with Gasteiger partial charge in [0.2, 0.25) is 0 Å². The number of amides is 2. The number of rotatable bonds is 3. The first kappa shape index (κ1) is 8.19. The molecule has 0 saturated heterocycles. The Morgan fingerprint density at radius 1 is 1.78 bits per heavy atom. The van der Waals surface area contributed by atoms with Gasteiger partial charge in [-0.1, -0.05) is 6.92 Å². The van der Waals surface area contributed by atoms with E-state index in [9.17, 15) is 4.79 Å². The van der Waals surface area contributed by atoms with Gasteiger partial charge >= 0.3 is 6.03 Å². The molecule has 2 amide bonds. The molecule has 0 bridgehead atoms. The highest BCUT2D eigenvalue weighted by Crippen LogP contribution is 1.82. The molecule has 0 atom stereocenters. The van der Waals surface area contributed by atoms with E-state index in [0.29, 0.717) is 11.8 Å². The Bertz CT molecular complexity index is 95.8. The summed E-state index contributed by atoms with van der Waals surface area (Å²) in [5, 5.41) is 0.517. The highest BCUT2D eigenvalue weighted by molar-refractivity contribution is 5.69. The summed E-state index contributed by atoms with van der Waals surface area (Å²) in [5.74, 6) is 4.94. The third kappa shape index (κ3) is 3.75. The predicted molar refractivity (Wildman–Crippen MR) is 31.9 cm³/mol. The molecule has 0 radical (unpaired) electrons. The van der Waals surface area contributed by atoms with Crippen LogP contribution in [0.15, 0.2) is 0 Å². The fraction of sp³-hybridized carbons (Fsp3) is 0.750. The van der Waals surface area contributed by atoms with Crippen LogP contribution in [0, 0.1) is 0 Å². The molecule has 0 saturated carbocycles. The molecule has 0 unspecified atom stereocenters. The monoisotopic (exact) mass is 133 g/mol. The van der Waals surface area contributed by atoms with Crippen LogP contribution in [0.5, 0.6) is 0 Å². The van der Waals surface area contributed by atoms with Crippen LogP contribution < -0.4 is 11.6 Å². The number of hydrazine groups is 1. The molecule has 0 spiro atoms. The van der Waals surface area contributed by atoms with E-state index in [4.69, 9.17) is 11.6 Å². The minimum absolute atomic E-state index is 0.402. The molecule has 0 aliphatic rings. The molecule has 0 aromatic carbocycles. The molecule has 0 fully saturated rings. The number of nitrogens with zero attached hydrogens (tertiary/aromatic N) is 1. The van der Waals surface area contributed by atoms with Crippen LogP contribution in [0.3, 0.4) is 0 Å². The van der Waals surface area contributed by atoms with Crippen molar-refractivity contribution in [3.05, 3.63) is 0 Å². The Morgan fingerprint density at radius 3 is 2.67 bits per heavy atom. The van der Waals surface area contributed by atoms with Gasteiger partial charge in [0, 0.05) is 0 Å². The summed E-state index contributed by atoms with van der Waals surface area (Å²) in [6.07, 6.45) is 0.793. The summed E-state index contributed by atoms with van der Waals surface area (Å²) >= 11 is 0. The lowest BCUT2D eigenvalue weighted by molar-refractivity contribution is -0.116. The Hall–Kier alpha value is -0.810. The topological polar surface area (TPSA) is 81.6 Å². The summed E-state index contributed by atoms with van der Waals surface area (Å²) in [7, 11) is 0. The van der Waals surface area contributed by atoms with Crippen LogP contribution in [-0.4, -0.2) is 17.8 Å². The number of carbonyl (C=O) groups is 1. The minimum Gasteiger partial charge on any atom is -0.349 e. The second kappa shape index (κ2) is 4.11. The normalized spacial score (nSPS) is 9.11. The van der Waals surface area contributed by atoms with E-state index in [2.05, 4.69) is 4.84 Å².